The van der Waals surface area contributed by atoms with Gasteiger partial charge in [0.15, 0.2) is 0 Å². The van der Waals surface area contributed by atoms with Crippen molar-refractivity contribution in [3.63, 3.8) is 0 Å². The zero-order chi connectivity index (χ0) is 13.5. The van der Waals surface area contributed by atoms with E-state index in [2.05, 4.69) is 16.3 Å². The molecule has 1 fully saturated rings. The molecular weight excluding hydrogens is 238 g/mol. The summed E-state index contributed by atoms with van der Waals surface area (Å²) in [5.41, 5.74) is 7.38. The number of rotatable bonds is 5. The Morgan fingerprint density at radius 3 is 2.84 bits per heavy atom. The molecule has 4 nitrogen and oxygen atoms in total. The predicted octanol–water partition coefficient (Wildman–Crippen LogP) is 1.42. The first-order valence-corrected chi connectivity index (χ1v) is 7.66. The fraction of sp³-hybridized carbons (Fsp3) is 0.800. The molecule has 1 aliphatic heterocycles. The molecule has 0 spiro atoms. The SMILES string of the molecule is NC1CCN(CC(=O)NCCC2=CCCCC2)CC1. The summed E-state index contributed by atoms with van der Waals surface area (Å²) in [6.45, 7) is 3.24. The number of nitrogens with zero attached hydrogens (tertiary/aromatic N) is 1. The largest absolute Gasteiger partial charge is 0.355 e. The van der Waals surface area contributed by atoms with Crippen LogP contribution in [0.1, 0.15) is 44.9 Å². The van der Waals surface area contributed by atoms with Crippen molar-refractivity contribution >= 4 is 5.91 Å². The number of piperidine rings is 1. The Hall–Kier alpha value is -0.870. The van der Waals surface area contributed by atoms with Crippen molar-refractivity contribution < 1.29 is 4.79 Å². The molecule has 108 valence electrons. The normalized spacial score (nSPS) is 22.1. The quantitative estimate of drug-likeness (QED) is 0.739. The summed E-state index contributed by atoms with van der Waals surface area (Å²) in [7, 11) is 0. The van der Waals surface area contributed by atoms with E-state index in [0.29, 0.717) is 12.6 Å². The summed E-state index contributed by atoms with van der Waals surface area (Å²) in [5.74, 6) is 0.159. The standard InChI is InChI=1S/C15H27N3O/c16-14-7-10-18(11-8-14)12-15(19)17-9-6-13-4-2-1-3-5-13/h4,14H,1-3,5-12,16H2,(H,17,19). The third kappa shape index (κ3) is 5.33. The van der Waals surface area contributed by atoms with Gasteiger partial charge in [-0.3, -0.25) is 9.69 Å². The van der Waals surface area contributed by atoms with Gasteiger partial charge in [0.25, 0.3) is 0 Å². The Bertz CT molecular complexity index is 319. The number of likely N-dealkylation sites (tertiary alicyclic amines) is 1. The predicted molar refractivity (Wildman–Crippen MR) is 77.8 cm³/mol. The molecular formula is C15H27N3O. The van der Waals surface area contributed by atoms with Gasteiger partial charge in [0.1, 0.15) is 0 Å². The highest BCUT2D eigenvalue weighted by atomic mass is 16.2. The van der Waals surface area contributed by atoms with Crippen molar-refractivity contribution in [2.45, 2.75) is 51.0 Å². The lowest BCUT2D eigenvalue weighted by atomic mass is 9.97. The van der Waals surface area contributed by atoms with Gasteiger partial charge in [-0.2, -0.15) is 0 Å². The van der Waals surface area contributed by atoms with Crippen LogP contribution in [0.25, 0.3) is 0 Å². The van der Waals surface area contributed by atoms with Gasteiger partial charge in [-0.05, 0) is 44.9 Å². The van der Waals surface area contributed by atoms with Crippen molar-refractivity contribution in [3.05, 3.63) is 11.6 Å². The van der Waals surface area contributed by atoms with Gasteiger partial charge in [-0.25, -0.2) is 0 Å². The van der Waals surface area contributed by atoms with Crippen molar-refractivity contribution in [2.24, 2.45) is 5.73 Å². The van der Waals surface area contributed by atoms with Gasteiger partial charge in [0.2, 0.25) is 5.91 Å². The van der Waals surface area contributed by atoms with Crippen molar-refractivity contribution in [1.82, 2.24) is 10.2 Å². The van der Waals surface area contributed by atoms with E-state index >= 15 is 0 Å². The molecule has 0 aromatic heterocycles. The fourth-order valence-corrected chi connectivity index (χ4v) is 2.86. The average molecular weight is 265 g/mol. The highest BCUT2D eigenvalue weighted by Gasteiger charge is 2.17. The molecule has 1 amide bonds. The molecule has 2 aliphatic rings. The summed E-state index contributed by atoms with van der Waals surface area (Å²) in [6, 6.07) is 0.331. The van der Waals surface area contributed by atoms with E-state index in [1.165, 1.54) is 31.3 Å². The van der Waals surface area contributed by atoms with E-state index in [1.807, 2.05) is 0 Å². The maximum absolute atomic E-state index is 11.8. The van der Waals surface area contributed by atoms with E-state index in [4.69, 9.17) is 5.73 Å². The summed E-state index contributed by atoms with van der Waals surface area (Å²) in [4.78, 5) is 14.0. The molecule has 1 aliphatic carbocycles. The van der Waals surface area contributed by atoms with Gasteiger partial charge >= 0.3 is 0 Å². The number of allylic oxidation sites excluding steroid dienone is 1. The first kappa shape index (κ1) is 14.5. The Kier molecular flexibility index (Phi) is 5.86. The second-order valence-electron chi connectivity index (χ2n) is 5.82. The smallest absolute Gasteiger partial charge is 0.234 e. The van der Waals surface area contributed by atoms with Crippen LogP contribution in [0.2, 0.25) is 0 Å². The van der Waals surface area contributed by atoms with Crippen LogP contribution < -0.4 is 11.1 Å². The highest BCUT2D eigenvalue weighted by molar-refractivity contribution is 5.78. The molecule has 0 radical (unpaired) electrons. The first-order chi connectivity index (χ1) is 9.24. The molecule has 0 atom stereocenters. The van der Waals surface area contributed by atoms with E-state index in [1.54, 1.807) is 0 Å². The van der Waals surface area contributed by atoms with Crippen LogP contribution >= 0.6 is 0 Å². The summed E-state index contributed by atoms with van der Waals surface area (Å²) >= 11 is 0. The number of hydrogen-bond donors (Lipinski definition) is 2. The van der Waals surface area contributed by atoms with Gasteiger partial charge in [0, 0.05) is 25.7 Å². The second-order valence-corrected chi connectivity index (χ2v) is 5.82. The van der Waals surface area contributed by atoms with E-state index in [0.717, 1.165) is 38.9 Å². The van der Waals surface area contributed by atoms with Gasteiger partial charge in [-0.15, -0.1) is 0 Å². The number of carbonyl (C=O) groups excluding carboxylic acids is 1. The summed E-state index contributed by atoms with van der Waals surface area (Å²) < 4.78 is 0. The molecule has 3 N–H and O–H groups in total. The molecule has 0 saturated carbocycles. The summed E-state index contributed by atoms with van der Waals surface area (Å²) in [6.07, 6.45) is 10.5. The van der Waals surface area contributed by atoms with Gasteiger partial charge < -0.3 is 11.1 Å². The Morgan fingerprint density at radius 1 is 1.37 bits per heavy atom. The lowest BCUT2D eigenvalue weighted by molar-refractivity contribution is -0.122. The Balaban J connectivity index is 1.58. The third-order valence-corrected chi connectivity index (χ3v) is 4.15. The monoisotopic (exact) mass is 265 g/mol. The summed E-state index contributed by atoms with van der Waals surface area (Å²) in [5, 5.41) is 3.04. The zero-order valence-corrected chi connectivity index (χ0v) is 11.9. The lowest BCUT2D eigenvalue weighted by Crippen LogP contribution is -2.44. The minimum Gasteiger partial charge on any atom is -0.355 e. The number of nitrogens with two attached hydrogens (primary N) is 1. The van der Waals surface area contributed by atoms with E-state index < -0.39 is 0 Å². The van der Waals surface area contributed by atoms with Crippen LogP contribution in [0.5, 0.6) is 0 Å². The van der Waals surface area contributed by atoms with E-state index in [9.17, 15) is 4.79 Å². The van der Waals surface area contributed by atoms with Crippen LogP contribution in [-0.4, -0.2) is 43.0 Å². The van der Waals surface area contributed by atoms with Crippen LogP contribution in [0.4, 0.5) is 0 Å². The molecule has 0 bridgehead atoms. The van der Waals surface area contributed by atoms with Crippen molar-refractivity contribution in [3.8, 4) is 0 Å². The molecule has 19 heavy (non-hydrogen) atoms. The molecule has 4 heteroatoms. The Morgan fingerprint density at radius 2 is 2.16 bits per heavy atom. The topological polar surface area (TPSA) is 58.4 Å². The lowest BCUT2D eigenvalue weighted by Gasteiger charge is -2.29. The minimum atomic E-state index is 0.159. The molecule has 0 unspecified atom stereocenters. The van der Waals surface area contributed by atoms with Gasteiger partial charge in [0.05, 0.1) is 6.54 Å². The maximum atomic E-state index is 11.8. The fourth-order valence-electron chi connectivity index (χ4n) is 2.86. The molecule has 0 aromatic rings. The molecule has 2 rings (SSSR count). The second kappa shape index (κ2) is 7.65. The number of nitrogens with one attached hydrogen (secondary N) is 1. The first-order valence-electron chi connectivity index (χ1n) is 7.66. The molecule has 0 aromatic carbocycles. The van der Waals surface area contributed by atoms with Crippen LogP contribution in [0, 0.1) is 0 Å². The number of amides is 1. The zero-order valence-electron chi connectivity index (χ0n) is 11.9. The van der Waals surface area contributed by atoms with E-state index in [-0.39, 0.29) is 5.91 Å². The molecule has 1 saturated heterocycles. The van der Waals surface area contributed by atoms with Crippen LogP contribution in [0.15, 0.2) is 11.6 Å². The number of hydrogen-bond acceptors (Lipinski definition) is 3. The van der Waals surface area contributed by atoms with Crippen molar-refractivity contribution in [2.75, 3.05) is 26.2 Å². The van der Waals surface area contributed by atoms with Gasteiger partial charge in [-0.1, -0.05) is 11.6 Å². The van der Waals surface area contributed by atoms with Crippen LogP contribution in [-0.2, 0) is 4.79 Å². The van der Waals surface area contributed by atoms with Crippen LogP contribution in [0.3, 0.4) is 0 Å². The van der Waals surface area contributed by atoms with Crippen molar-refractivity contribution in [1.29, 1.82) is 0 Å². The highest BCUT2D eigenvalue weighted by Crippen LogP contribution is 2.19. The average Bonchev–Trinajstić information content (AvgIpc) is 2.43. The third-order valence-electron chi connectivity index (χ3n) is 4.15. The minimum absolute atomic E-state index is 0.159. The number of carbonyl (C=O) groups is 1. The maximum Gasteiger partial charge on any atom is 0.234 e. The Labute approximate surface area is 116 Å². The molecule has 1 heterocycles.